The summed E-state index contributed by atoms with van der Waals surface area (Å²) < 4.78 is 0. The van der Waals surface area contributed by atoms with Crippen LogP contribution < -0.4 is 5.32 Å². The molecule has 0 atom stereocenters. The molecule has 0 spiro atoms. The van der Waals surface area contributed by atoms with Crippen molar-refractivity contribution in [2.45, 2.75) is 0 Å². The molecule has 0 amide bonds. The molecule has 1 N–H and O–H groups in total. The lowest BCUT2D eigenvalue weighted by atomic mass is 10.2. The Balaban J connectivity index is 2.89. The van der Waals surface area contributed by atoms with Gasteiger partial charge in [-0.3, -0.25) is 4.99 Å². The fourth-order valence-electron chi connectivity index (χ4n) is 0.941. The van der Waals surface area contributed by atoms with Crippen molar-refractivity contribution >= 4 is 18.1 Å². The van der Waals surface area contributed by atoms with E-state index in [1.54, 1.807) is 13.4 Å². The second kappa shape index (κ2) is 4.34. The minimum Gasteiger partial charge on any atom is -0.346 e. The number of anilines is 1. The molecule has 1 aromatic rings. The Morgan fingerprint density at radius 1 is 1.42 bits per heavy atom. The number of hydrogen-bond donors (Lipinski definition) is 1. The number of nitrogens with zero attached hydrogens (tertiary/aromatic N) is 1. The highest BCUT2D eigenvalue weighted by Gasteiger charge is 1.92. The van der Waals surface area contributed by atoms with Gasteiger partial charge in [-0.25, -0.2) is 0 Å². The van der Waals surface area contributed by atoms with Crippen LogP contribution in [0.1, 0.15) is 5.56 Å². The predicted octanol–water partition coefficient (Wildman–Crippen LogP) is 2.40. The fraction of sp³-hybridized carbons (Fsp3) is 0.100. The third kappa shape index (κ3) is 1.95. The van der Waals surface area contributed by atoms with Gasteiger partial charge < -0.3 is 5.32 Å². The minimum atomic E-state index is 1.03. The van der Waals surface area contributed by atoms with Gasteiger partial charge in [0.2, 0.25) is 0 Å². The Morgan fingerprint density at radius 3 is 2.83 bits per heavy atom. The summed E-state index contributed by atoms with van der Waals surface area (Å²) in [7, 11) is 1.73. The lowest BCUT2D eigenvalue weighted by molar-refractivity contribution is 1.45. The van der Waals surface area contributed by atoms with Crippen molar-refractivity contribution in [2.75, 3.05) is 12.4 Å². The highest BCUT2D eigenvalue weighted by atomic mass is 14.9. The summed E-state index contributed by atoms with van der Waals surface area (Å²) in [5.41, 5.74) is 2.11. The molecule has 1 aromatic carbocycles. The molecule has 0 bridgehead atoms. The molecule has 0 aliphatic carbocycles. The smallest absolute Gasteiger partial charge is 0.0864 e. The molecule has 0 unspecified atom stereocenters. The van der Waals surface area contributed by atoms with Gasteiger partial charge >= 0.3 is 0 Å². The van der Waals surface area contributed by atoms with Gasteiger partial charge in [0.15, 0.2) is 0 Å². The summed E-state index contributed by atoms with van der Waals surface area (Å²) >= 11 is 0. The maximum Gasteiger partial charge on any atom is 0.0864 e. The zero-order chi connectivity index (χ0) is 8.81. The van der Waals surface area contributed by atoms with Crippen LogP contribution >= 0.6 is 0 Å². The van der Waals surface area contributed by atoms with Crippen molar-refractivity contribution in [3.8, 4) is 0 Å². The van der Waals surface area contributed by atoms with Crippen molar-refractivity contribution in [1.29, 1.82) is 0 Å². The average Bonchev–Trinajstić information content (AvgIpc) is 2.15. The van der Waals surface area contributed by atoms with Gasteiger partial charge in [0.1, 0.15) is 0 Å². The lowest BCUT2D eigenvalue weighted by Crippen LogP contribution is -1.95. The molecule has 12 heavy (non-hydrogen) atoms. The maximum absolute atomic E-state index is 3.84. The molecule has 0 aliphatic heterocycles. The lowest BCUT2D eigenvalue weighted by Gasteiger charge is -2.03. The Bertz CT molecular complexity index is 290. The largest absolute Gasteiger partial charge is 0.346 e. The molecular weight excluding hydrogens is 148 g/mol. The van der Waals surface area contributed by atoms with Crippen molar-refractivity contribution in [3.63, 3.8) is 0 Å². The highest BCUT2D eigenvalue weighted by Crippen LogP contribution is 2.14. The van der Waals surface area contributed by atoms with Crippen LogP contribution in [0.4, 0.5) is 5.69 Å². The summed E-state index contributed by atoms with van der Waals surface area (Å²) in [6.07, 6.45) is 3.47. The second-order valence-electron chi connectivity index (χ2n) is 2.32. The fourth-order valence-corrected chi connectivity index (χ4v) is 0.941. The molecule has 0 saturated carbocycles. The van der Waals surface area contributed by atoms with Crippen LogP contribution in [0.5, 0.6) is 0 Å². The van der Waals surface area contributed by atoms with Crippen molar-refractivity contribution in [2.24, 2.45) is 4.99 Å². The zero-order valence-electron chi connectivity index (χ0n) is 7.12. The minimum absolute atomic E-state index is 1.03. The first-order chi connectivity index (χ1) is 5.88. The van der Waals surface area contributed by atoms with Gasteiger partial charge in [0, 0.05) is 12.7 Å². The van der Waals surface area contributed by atoms with Crippen LogP contribution in [-0.2, 0) is 0 Å². The molecule has 0 aliphatic rings. The standard InChI is InChI=1S/C10H12N2/c1-3-9-6-4-5-7-10(9)12-8-11-2/h3-8H,1H2,2H3,(H,11,12). The molecule has 62 valence electrons. The van der Waals surface area contributed by atoms with Crippen LogP contribution in [-0.4, -0.2) is 13.4 Å². The van der Waals surface area contributed by atoms with E-state index in [0.717, 1.165) is 11.3 Å². The molecular formula is C10H12N2. The van der Waals surface area contributed by atoms with Crippen molar-refractivity contribution in [3.05, 3.63) is 36.4 Å². The quantitative estimate of drug-likeness (QED) is 0.533. The Labute approximate surface area is 72.6 Å². The van der Waals surface area contributed by atoms with Crippen LogP contribution in [0.2, 0.25) is 0 Å². The predicted molar refractivity (Wildman–Crippen MR) is 54.6 cm³/mol. The van der Waals surface area contributed by atoms with Gasteiger partial charge in [-0.1, -0.05) is 30.9 Å². The Morgan fingerprint density at radius 2 is 2.17 bits per heavy atom. The number of benzene rings is 1. The van der Waals surface area contributed by atoms with Gasteiger partial charge in [0.05, 0.1) is 6.34 Å². The number of nitrogens with one attached hydrogen (secondary N) is 1. The summed E-state index contributed by atoms with van der Waals surface area (Å²) in [6, 6.07) is 7.93. The first-order valence-corrected chi connectivity index (χ1v) is 3.77. The van der Waals surface area contributed by atoms with Crippen LogP contribution in [0, 0.1) is 0 Å². The van der Waals surface area contributed by atoms with E-state index in [4.69, 9.17) is 0 Å². The summed E-state index contributed by atoms with van der Waals surface area (Å²) in [5.74, 6) is 0. The molecule has 2 nitrogen and oxygen atoms in total. The summed E-state index contributed by atoms with van der Waals surface area (Å²) in [4.78, 5) is 3.84. The molecule has 0 heterocycles. The summed E-state index contributed by atoms with van der Waals surface area (Å²) in [5, 5.41) is 3.05. The first-order valence-electron chi connectivity index (χ1n) is 3.77. The van der Waals surface area contributed by atoms with Gasteiger partial charge in [-0.05, 0) is 11.6 Å². The van der Waals surface area contributed by atoms with Crippen LogP contribution in [0.25, 0.3) is 6.08 Å². The Kier molecular flexibility index (Phi) is 3.08. The van der Waals surface area contributed by atoms with Crippen molar-refractivity contribution in [1.82, 2.24) is 0 Å². The van der Waals surface area contributed by atoms with E-state index >= 15 is 0 Å². The van der Waals surface area contributed by atoms with E-state index < -0.39 is 0 Å². The van der Waals surface area contributed by atoms with Crippen LogP contribution in [0.15, 0.2) is 35.8 Å². The molecule has 0 fully saturated rings. The third-order valence-corrected chi connectivity index (χ3v) is 1.53. The number of hydrogen-bond acceptors (Lipinski definition) is 1. The van der Waals surface area contributed by atoms with E-state index in [1.807, 2.05) is 30.3 Å². The highest BCUT2D eigenvalue weighted by molar-refractivity contribution is 5.80. The number of para-hydroxylation sites is 1. The number of aliphatic imine (C=N–C) groups is 1. The third-order valence-electron chi connectivity index (χ3n) is 1.53. The van der Waals surface area contributed by atoms with E-state index in [9.17, 15) is 0 Å². The first kappa shape index (κ1) is 8.53. The Hall–Kier alpha value is -1.57. The van der Waals surface area contributed by atoms with E-state index in [0.29, 0.717) is 0 Å². The van der Waals surface area contributed by atoms with E-state index in [-0.39, 0.29) is 0 Å². The van der Waals surface area contributed by atoms with Gasteiger partial charge in [-0.2, -0.15) is 0 Å². The normalized spacial score (nSPS) is 10.1. The van der Waals surface area contributed by atoms with E-state index in [1.165, 1.54) is 0 Å². The molecule has 2 heteroatoms. The van der Waals surface area contributed by atoms with Gasteiger partial charge in [-0.15, -0.1) is 0 Å². The van der Waals surface area contributed by atoms with Crippen LogP contribution in [0.3, 0.4) is 0 Å². The number of rotatable bonds is 3. The molecule has 0 radical (unpaired) electrons. The monoisotopic (exact) mass is 160 g/mol. The van der Waals surface area contributed by atoms with Gasteiger partial charge in [0.25, 0.3) is 0 Å². The second-order valence-corrected chi connectivity index (χ2v) is 2.32. The van der Waals surface area contributed by atoms with Crippen molar-refractivity contribution < 1.29 is 0 Å². The molecule has 1 rings (SSSR count). The molecule has 0 saturated heterocycles. The SMILES string of the molecule is C=Cc1ccccc1NC=NC. The van der Waals surface area contributed by atoms with E-state index in [2.05, 4.69) is 16.9 Å². The topological polar surface area (TPSA) is 24.4 Å². The summed E-state index contributed by atoms with van der Waals surface area (Å²) in [6.45, 7) is 3.72. The average molecular weight is 160 g/mol. The zero-order valence-corrected chi connectivity index (χ0v) is 7.12. The maximum atomic E-state index is 3.84. The molecule has 0 aromatic heterocycles.